The first-order valence-electron chi connectivity index (χ1n) is 7.08. The molecule has 0 bridgehead atoms. The molecule has 1 heteroatoms. The van der Waals surface area contributed by atoms with Crippen molar-refractivity contribution in [3.63, 3.8) is 0 Å². The van der Waals surface area contributed by atoms with Gasteiger partial charge in [0, 0.05) is 6.04 Å². The van der Waals surface area contributed by atoms with Gasteiger partial charge in [-0.25, -0.2) is 0 Å². The Labute approximate surface area is 97.0 Å². The summed E-state index contributed by atoms with van der Waals surface area (Å²) in [5, 5.41) is 3.68. The van der Waals surface area contributed by atoms with Crippen LogP contribution in [0.2, 0.25) is 0 Å². The molecule has 0 aromatic carbocycles. The molecule has 92 valence electrons. The maximum absolute atomic E-state index is 3.68. The summed E-state index contributed by atoms with van der Waals surface area (Å²) in [6.07, 6.45) is 12.3. The monoisotopic (exact) mass is 213 g/mol. The van der Waals surface area contributed by atoms with Gasteiger partial charge in [0.05, 0.1) is 0 Å². The molecule has 0 fully saturated rings. The number of hydrogen-bond acceptors (Lipinski definition) is 1. The molecule has 0 aliphatic heterocycles. The van der Waals surface area contributed by atoms with Crippen molar-refractivity contribution in [1.29, 1.82) is 0 Å². The third-order valence-corrected chi connectivity index (χ3v) is 3.00. The summed E-state index contributed by atoms with van der Waals surface area (Å²) in [6, 6.07) is 0.793. The molecular formula is C14H31N. The van der Waals surface area contributed by atoms with E-state index in [1.54, 1.807) is 0 Å². The normalized spacial score (nSPS) is 13.0. The Hall–Kier alpha value is -0.0400. The second kappa shape index (κ2) is 12.0. The van der Waals surface area contributed by atoms with Gasteiger partial charge in [0.2, 0.25) is 0 Å². The van der Waals surface area contributed by atoms with Crippen molar-refractivity contribution < 1.29 is 0 Å². The average molecular weight is 213 g/mol. The maximum atomic E-state index is 3.68. The lowest BCUT2D eigenvalue weighted by Gasteiger charge is -2.18. The molecule has 0 spiro atoms. The largest absolute Gasteiger partial charge is 0.314 e. The van der Waals surface area contributed by atoms with Gasteiger partial charge in [0.15, 0.2) is 0 Å². The highest BCUT2D eigenvalue weighted by atomic mass is 14.9. The van der Waals surface area contributed by atoms with E-state index in [1.807, 2.05) is 0 Å². The third kappa shape index (κ3) is 10.2. The number of rotatable bonds is 11. The lowest BCUT2D eigenvalue weighted by molar-refractivity contribution is 0.421. The average Bonchev–Trinajstić information content (AvgIpc) is 2.27. The third-order valence-electron chi connectivity index (χ3n) is 3.00. The van der Waals surface area contributed by atoms with Gasteiger partial charge in [-0.05, 0) is 25.8 Å². The van der Waals surface area contributed by atoms with E-state index >= 15 is 0 Å². The van der Waals surface area contributed by atoms with E-state index in [9.17, 15) is 0 Å². The van der Waals surface area contributed by atoms with Gasteiger partial charge in [0.25, 0.3) is 0 Å². The molecule has 0 saturated carbocycles. The Morgan fingerprint density at radius 3 is 2.00 bits per heavy atom. The van der Waals surface area contributed by atoms with E-state index < -0.39 is 0 Å². The first-order chi connectivity index (χ1) is 7.35. The van der Waals surface area contributed by atoms with E-state index in [0.29, 0.717) is 0 Å². The van der Waals surface area contributed by atoms with E-state index in [1.165, 1.54) is 64.3 Å². The Bertz CT molecular complexity index is 104. The zero-order valence-corrected chi connectivity index (χ0v) is 11.1. The zero-order chi connectivity index (χ0) is 11.4. The molecule has 0 heterocycles. The van der Waals surface area contributed by atoms with Crippen LogP contribution in [0.25, 0.3) is 0 Å². The van der Waals surface area contributed by atoms with E-state index in [0.717, 1.165) is 6.04 Å². The molecule has 15 heavy (non-hydrogen) atoms. The van der Waals surface area contributed by atoms with Crippen molar-refractivity contribution in [3.05, 3.63) is 0 Å². The Morgan fingerprint density at radius 2 is 1.40 bits per heavy atom. The maximum Gasteiger partial charge on any atom is 0.00670 e. The predicted molar refractivity (Wildman–Crippen MR) is 70.4 cm³/mol. The van der Waals surface area contributed by atoms with E-state index in [-0.39, 0.29) is 0 Å². The minimum absolute atomic E-state index is 0.793. The molecule has 1 N–H and O–H groups in total. The van der Waals surface area contributed by atoms with Crippen molar-refractivity contribution >= 4 is 0 Å². The number of nitrogens with one attached hydrogen (secondary N) is 1. The minimum Gasteiger partial charge on any atom is -0.314 e. The van der Waals surface area contributed by atoms with Crippen LogP contribution < -0.4 is 5.32 Å². The van der Waals surface area contributed by atoms with Crippen LogP contribution >= 0.6 is 0 Å². The van der Waals surface area contributed by atoms with Crippen LogP contribution in [-0.4, -0.2) is 12.6 Å². The minimum atomic E-state index is 0.793. The van der Waals surface area contributed by atoms with E-state index in [4.69, 9.17) is 0 Å². The smallest absolute Gasteiger partial charge is 0.00670 e. The second-order valence-corrected chi connectivity index (χ2v) is 4.64. The van der Waals surface area contributed by atoms with E-state index in [2.05, 4.69) is 26.1 Å². The summed E-state index contributed by atoms with van der Waals surface area (Å²) < 4.78 is 0. The highest BCUT2D eigenvalue weighted by Gasteiger charge is 2.05. The first kappa shape index (κ1) is 15.0. The summed E-state index contributed by atoms with van der Waals surface area (Å²) in [7, 11) is 0. The first-order valence-corrected chi connectivity index (χ1v) is 7.08. The van der Waals surface area contributed by atoms with Gasteiger partial charge in [0.1, 0.15) is 0 Å². The number of unbranched alkanes of at least 4 members (excludes halogenated alkanes) is 4. The van der Waals surface area contributed by atoms with Crippen LogP contribution in [0.3, 0.4) is 0 Å². The molecule has 0 saturated heterocycles. The summed E-state index contributed by atoms with van der Waals surface area (Å²) in [6.45, 7) is 8.01. The van der Waals surface area contributed by atoms with Crippen molar-refractivity contribution in [2.24, 2.45) is 0 Å². The Morgan fingerprint density at radius 1 is 0.733 bits per heavy atom. The van der Waals surface area contributed by atoms with Gasteiger partial charge < -0.3 is 5.32 Å². The standard InChI is InChI=1S/C14H31N/c1-4-7-9-10-12-14(11-8-5-2)15-13-6-3/h14-15H,4-13H2,1-3H3/t14-/m1/s1. The summed E-state index contributed by atoms with van der Waals surface area (Å²) in [4.78, 5) is 0. The fourth-order valence-electron chi connectivity index (χ4n) is 1.96. The fraction of sp³-hybridized carbons (Fsp3) is 1.00. The molecular weight excluding hydrogens is 182 g/mol. The Kier molecular flexibility index (Phi) is 12.0. The molecule has 0 radical (unpaired) electrons. The Balaban J connectivity index is 3.49. The second-order valence-electron chi connectivity index (χ2n) is 4.64. The molecule has 0 unspecified atom stereocenters. The lowest BCUT2D eigenvalue weighted by Crippen LogP contribution is -2.29. The summed E-state index contributed by atoms with van der Waals surface area (Å²) >= 11 is 0. The van der Waals surface area contributed by atoms with Crippen LogP contribution in [0.5, 0.6) is 0 Å². The SMILES string of the molecule is CCCCCC[C@@H](CCCC)NCCC. The molecule has 0 aromatic heterocycles. The van der Waals surface area contributed by atoms with Gasteiger partial charge >= 0.3 is 0 Å². The topological polar surface area (TPSA) is 12.0 Å². The predicted octanol–water partition coefficient (Wildman–Crippen LogP) is 4.52. The van der Waals surface area contributed by atoms with Crippen LogP contribution in [0, 0.1) is 0 Å². The molecule has 1 nitrogen and oxygen atoms in total. The highest BCUT2D eigenvalue weighted by Crippen LogP contribution is 2.10. The summed E-state index contributed by atoms with van der Waals surface area (Å²) in [5.41, 5.74) is 0. The number of hydrogen-bond donors (Lipinski definition) is 1. The van der Waals surface area contributed by atoms with Crippen LogP contribution in [0.4, 0.5) is 0 Å². The highest BCUT2D eigenvalue weighted by molar-refractivity contribution is 4.66. The van der Waals surface area contributed by atoms with Crippen molar-refractivity contribution in [2.75, 3.05) is 6.54 Å². The molecule has 0 aliphatic carbocycles. The van der Waals surface area contributed by atoms with Crippen LogP contribution in [-0.2, 0) is 0 Å². The summed E-state index contributed by atoms with van der Waals surface area (Å²) in [5.74, 6) is 0. The molecule has 0 aromatic rings. The van der Waals surface area contributed by atoms with Gasteiger partial charge in [-0.3, -0.25) is 0 Å². The van der Waals surface area contributed by atoms with Gasteiger partial charge in [-0.1, -0.05) is 59.3 Å². The van der Waals surface area contributed by atoms with Crippen molar-refractivity contribution in [3.8, 4) is 0 Å². The van der Waals surface area contributed by atoms with Gasteiger partial charge in [-0.15, -0.1) is 0 Å². The molecule has 1 atom stereocenters. The van der Waals surface area contributed by atoms with Crippen molar-refractivity contribution in [1.82, 2.24) is 5.32 Å². The molecule has 0 amide bonds. The lowest BCUT2D eigenvalue weighted by atomic mass is 10.0. The molecule has 0 aliphatic rings. The van der Waals surface area contributed by atoms with Crippen LogP contribution in [0.1, 0.15) is 78.6 Å². The van der Waals surface area contributed by atoms with Crippen molar-refractivity contribution in [2.45, 2.75) is 84.6 Å². The quantitative estimate of drug-likeness (QED) is 0.498. The van der Waals surface area contributed by atoms with Crippen LogP contribution in [0.15, 0.2) is 0 Å². The van der Waals surface area contributed by atoms with Gasteiger partial charge in [-0.2, -0.15) is 0 Å². The molecule has 0 rings (SSSR count). The zero-order valence-electron chi connectivity index (χ0n) is 11.1. The fourth-order valence-corrected chi connectivity index (χ4v) is 1.96.